The van der Waals surface area contributed by atoms with Gasteiger partial charge in [0.1, 0.15) is 0 Å². The Morgan fingerprint density at radius 1 is 1.12 bits per heavy atom. The van der Waals surface area contributed by atoms with Gasteiger partial charge in [0.05, 0.1) is 14.2 Å². The summed E-state index contributed by atoms with van der Waals surface area (Å²) in [5.74, 6) is -1.11. The highest BCUT2D eigenvalue weighted by Gasteiger charge is 2.59. The van der Waals surface area contributed by atoms with Crippen LogP contribution in [0, 0.1) is 10.8 Å². The summed E-state index contributed by atoms with van der Waals surface area (Å²) in [4.78, 5) is 24.9. The van der Waals surface area contributed by atoms with Gasteiger partial charge in [-0.1, -0.05) is 48.9 Å². The van der Waals surface area contributed by atoms with Gasteiger partial charge in [-0.15, -0.1) is 6.58 Å². The van der Waals surface area contributed by atoms with Crippen LogP contribution >= 0.6 is 0 Å². The molecule has 4 heteroatoms. The minimum absolute atomic E-state index is 0.273. The van der Waals surface area contributed by atoms with E-state index in [-0.39, 0.29) is 6.42 Å². The highest BCUT2D eigenvalue weighted by Crippen LogP contribution is 2.56. The monoisotopic (exact) mass is 328 g/mol. The lowest BCUT2D eigenvalue weighted by Crippen LogP contribution is -2.39. The van der Waals surface area contributed by atoms with Gasteiger partial charge in [-0.05, 0) is 30.9 Å². The quantitative estimate of drug-likeness (QED) is 0.479. The maximum atomic E-state index is 12.5. The number of esters is 2. The fraction of sp³-hybridized carbons (Fsp3) is 0.400. The molecular weight excluding hydrogens is 304 g/mol. The van der Waals surface area contributed by atoms with E-state index in [9.17, 15) is 9.59 Å². The number of hydrogen-bond acceptors (Lipinski definition) is 4. The fourth-order valence-electron chi connectivity index (χ4n) is 3.68. The molecule has 0 bridgehead atoms. The molecule has 0 spiro atoms. The van der Waals surface area contributed by atoms with Crippen LogP contribution < -0.4 is 0 Å². The van der Waals surface area contributed by atoms with Crippen molar-refractivity contribution in [1.82, 2.24) is 0 Å². The zero-order valence-corrected chi connectivity index (χ0v) is 14.7. The smallest absolute Gasteiger partial charge is 0.323 e. The maximum Gasteiger partial charge on any atom is 0.323 e. The zero-order chi connectivity index (χ0) is 18.0. The van der Waals surface area contributed by atoms with Crippen molar-refractivity contribution in [1.29, 1.82) is 0 Å². The summed E-state index contributed by atoms with van der Waals surface area (Å²) in [6, 6.07) is 9.92. The normalized spacial score (nSPS) is 24.2. The molecular formula is C20H24O4. The van der Waals surface area contributed by atoms with Gasteiger partial charge in [-0.25, -0.2) is 0 Å². The molecule has 2 rings (SSSR count). The molecule has 1 aliphatic carbocycles. The van der Waals surface area contributed by atoms with Crippen LogP contribution in [0.3, 0.4) is 0 Å². The van der Waals surface area contributed by atoms with Crippen LogP contribution in [0.5, 0.6) is 0 Å². The van der Waals surface area contributed by atoms with Crippen LogP contribution in [0.25, 0.3) is 5.57 Å². The number of ether oxygens (including phenoxy) is 2. The van der Waals surface area contributed by atoms with E-state index in [1.165, 1.54) is 14.2 Å². The Hall–Kier alpha value is -2.36. The van der Waals surface area contributed by atoms with Crippen LogP contribution in [0.4, 0.5) is 0 Å². The molecule has 0 aliphatic heterocycles. The third kappa shape index (κ3) is 2.77. The summed E-state index contributed by atoms with van der Waals surface area (Å²) in [5, 5.41) is 0. The Kier molecular flexibility index (Phi) is 4.97. The topological polar surface area (TPSA) is 52.6 Å². The zero-order valence-electron chi connectivity index (χ0n) is 14.7. The van der Waals surface area contributed by atoms with Gasteiger partial charge >= 0.3 is 11.9 Å². The second-order valence-corrected chi connectivity index (χ2v) is 6.51. The number of benzene rings is 1. The molecule has 0 radical (unpaired) electrons. The van der Waals surface area contributed by atoms with E-state index in [2.05, 4.69) is 6.58 Å². The van der Waals surface area contributed by atoms with Gasteiger partial charge in [0.15, 0.2) is 5.41 Å². The number of hydrogen-bond donors (Lipinski definition) is 0. The van der Waals surface area contributed by atoms with Crippen molar-refractivity contribution in [3.05, 3.63) is 54.1 Å². The first-order chi connectivity index (χ1) is 11.3. The molecule has 0 heterocycles. The third-order valence-electron chi connectivity index (χ3n) is 5.10. The summed E-state index contributed by atoms with van der Waals surface area (Å²) in [6.45, 7) is 7.94. The average molecular weight is 328 g/mol. The van der Waals surface area contributed by atoms with Crippen LogP contribution in [-0.2, 0) is 19.1 Å². The molecule has 1 unspecified atom stereocenters. The third-order valence-corrected chi connectivity index (χ3v) is 5.10. The van der Waals surface area contributed by atoms with Gasteiger partial charge < -0.3 is 9.47 Å². The molecule has 0 amide bonds. The lowest BCUT2D eigenvalue weighted by Gasteiger charge is -2.26. The SMILES string of the molecule is C=CC1(C)CC(C(=O)OC)(C(=O)OC)C/C1=C(\C)c1ccccc1. The molecule has 1 aliphatic rings. The number of allylic oxidation sites excluding steroid dienone is 3. The molecule has 1 aromatic carbocycles. The Morgan fingerprint density at radius 3 is 2.12 bits per heavy atom. The Balaban J connectivity index is 2.63. The molecule has 1 atom stereocenters. The van der Waals surface area contributed by atoms with E-state index >= 15 is 0 Å². The molecule has 128 valence electrons. The minimum atomic E-state index is -1.32. The second-order valence-electron chi connectivity index (χ2n) is 6.51. The molecule has 0 N–H and O–H groups in total. The van der Waals surface area contributed by atoms with E-state index in [0.717, 1.165) is 16.7 Å². The number of carbonyl (C=O) groups is 2. The van der Waals surface area contributed by atoms with Gasteiger partial charge in [0, 0.05) is 5.41 Å². The Labute approximate surface area is 143 Å². The van der Waals surface area contributed by atoms with E-state index in [1.54, 1.807) is 0 Å². The maximum absolute atomic E-state index is 12.5. The van der Waals surface area contributed by atoms with Gasteiger partial charge in [0.2, 0.25) is 0 Å². The first kappa shape index (κ1) is 18.0. The number of rotatable bonds is 4. The van der Waals surface area contributed by atoms with Crippen LogP contribution in [-0.4, -0.2) is 26.2 Å². The summed E-state index contributed by atoms with van der Waals surface area (Å²) in [6.07, 6.45) is 2.38. The summed E-state index contributed by atoms with van der Waals surface area (Å²) < 4.78 is 9.87. The lowest BCUT2D eigenvalue weighted by atomic mass is 9.79. The highest BCUT2D eigenvalue weighted by molar-refractivity contribution is 6.01. The van der Waals surface area contributed by atoms with Crippen molar-refractivity contribution in [2.45, 2.75) is 26.7 Å². The van der Waals surface area contributed by atoms with Gasteiger partial charge in [-0.3, -0.25) is 9.59 Å². The first-order valence-corrected chi connectivity index (χ1v) is 7.90. The minimum Gasteiger partial charge on any atom is -0.468 e. The molecule has 24 heavy (non-hydrogen) atoms. The number of methoxy groups -OCH3 is 2. The number of carbonyl (C=O) groups excluding carboxylic acids is 2. The van der Waals surface area contributed by atoms with Crippen molar-refractivity contribution in [2.24, 2.45) is 10.8 Å². The standard InChI is InChI=1S/C20H24O4/c1-6-19(3)13-20(17(21)23-4,18(22)24-5)12-16(19)14(2)15-10-8-7-9-11-15/h6-11H,1,12-13H2,2-5H3/b16-14-. The summed E-state index contributed by atoms with van der Waals surface area (Å²) in [7, 11) is 2.59. The molecule has 0 saturated heterocycles. The lowest BCUT2D eigenvalue weighted by molar-refractivity contribution is -0.169. The van der Waals surface area contributed by atoms with E-state index in [0.29, 0.717) is 6.42 Å². The Bertz CT molecular complexity index is 671. The van der Waals surface area contributed by atoms with Gasteiger partial charge in [0.25, 0.3) is 0 Å². The van der Waals surface area contributed by atoms with Crippen molar-refractivity contribution >= 4 is 17.5 Å². The summed E-state index contributed by atoms with van der Waals surface area (Å²) in [5.41, 5.74) is 1.32. The van der Waals surface area contributed by atoms with Crippen molar-refractivity contribution in [2.75, 3.05) is 14.2 Å². The van der Waals surface area contributed by atoms with Crippen LogP contribution in [0.1, 0.15) is 32.3 Å². The van der Waals surface area contributed by atoms with Crippen LogP contribution in [0.15, 0.2) is 48.6 Å². The largest absolute Gasteiger partial charge is 0.468 e. The highest BCUT2D eigenvalue weighted by atomic mass is 16.5. The average Bonchev–Trinajstić information content (AvgIpc) is 2.95. The van der Waals surface area contributed by atoms with Crippen molar-refractivity contribution in [3.8, 4) is 0 Å². The Morgan fingerprint density at radius 2 is 1.67 bits per heavy atom. The molecule has 4 nitrogen and oxygen atoms in total. The molecule has 1 aromatic rings. The second kappa shape index (κ2) is 6.63. The molecule has 0 aromatic heterocycles. The first-order valence-electron chi connectivity index (χ1n) is 7.90. The summed E-state index contributed by atoms with van der Waals surface area (Å²) >= 11 is 0. The molecule has 1 saturated carbocycles. The predicted molar refractivity (Wildman–Crippen MR) is 93.0 cm³/mol. The predicted octanol–water partition coefficient (Wildman–Crippen LogP) is 3.78. The molecule has 1 fully saturated rings. The van der Waals surface area contributed by atoms with E-state index in [1.807, 2.05) is 50.3 Å². The van der Waals surface area contributed by atoms with Gasteiger partial charge in [-0.2, -0.15) is 0 Å². The van der Waals surface area contributed by atoms with E-state index < -0.39 is 22.8 Å². The fourth-order valence-corrected chi connectivity index (χ4v) is 3.68. The van der Waals surface area contributed by atoms with E-state index in [4.69, 9.17) is 9.47 Å². The van der Waals surface area contributed by atoms with Crippen molar-refractivity contribution < 1.29 is 19.1 Å². The van der Waals surface area contributed by atoms with Crippen molar-refractivity contribution in [3.63, 3.8) is 0 Å². The van der Waals surface area contributed by atoms with Crippen LogP contribution in [0.2, 0.25) is 0 Å².